The van der Waals surface area contributed by atoms with Crippen LogP contribution in [0.25, 0.3) is 6.08 Å². The molecule has 134 valence electrons. The highest BCUT2D eigenvalue weighted by molar-refractivity contribution is 8.27. The van der Waals surface area contributed by atoms with Gasteiger partial charge in [-0.05, 0) is 49.2 Å². The first-order chi connectivity index (χ1) is 12.5. The van der Waals surface area contributed by atoms with Crippen molar-refractivity contribution in [1.82, 2.24) is 0 Å². The number of carbonyl (C=O) groups is 1. The Labute approximate surface area is 162 Å². The predicted molar refractivity (Wildman–Crippen MR) is 111 cm³/mol. The highest BCUT2D eigenvalue weighted by atomic mass is 32.2. The number of thioether (sulfide) groups is 1. The molecule has 0 radical (unpaired) electrons. The molecule has 1 heterocycles. The number of hydrogen-bond donors (Lipinski definition) is 0. The van der Waals surface area contributed by atoms with Crippen molar-refractivity contribution in [3.05, 3.63) is 58.5 Å². The molecule has 0 aliphatic carbocycles. The topological polar surface area (TPSA) is 38.8 Å². The van der Waals surface area contributed by atoms with Crippen LogP contribution < -0.4 is 14.4 Å². The fourth-order valence-electron chi connectivity index (χ4n) is 2.69. The van der Waals surface area contributed by atoms with E-state index in [9.17, 15) is 4.79 Å². The fourth-order valence-corrected chi connectivity index (χ4v) is 3.97. The molecular weight excluding hydrogens is 366 g/mol. The number of ether oxygens (including phenoxy) is 2. The van der Waals surface area contributed by atoms with Gasteiger partial charge in [0.1, 0.15) is 0 Å². The zero-order valence-corrected chi connectivity index (χ0v) is 16.4. The number of nitrogens with zero attached hydrogens (tertiary/aromatic N) is 1. The minimum atomic E-state index is -0.109. The van der Waals surface area contributed by atoms with Crippen LogP contribution in [-0.2, 0) is 4.79 Å². The number of aryl methyl sites for hydroxylation is 1. The van der Waals surface area contributed by atoms with Crippen molar-refractivity contribution < 1.29 is 14.3 Å². The van der Waals surface area contributed by atoms with Gasteiger partial charge in [-0.2, -0.15) is 0 Å². The lowest BCUT2D eigenvalue weighted by Gasteiger charge is -2.16. The van der Waals surface area contributed by atoms with E-state index in [-0.39, 0.29) is 5.91 Å². The predicted octanol–water partition coefficient (Wildman–Crippen LogP) is 4.81. The van der Waals surface area contributed by atoms with Gasteiger partial charge in [-0.25, -0.2) is 0 Å². The summed E-state index contributed by atoms with van der Waals surface area (Å²) < 4.78 is 11.4. The van der Waals surface area contributed by atoms with Crippen LogP contribution in [0.5, 0.6) is 11.5 Å². The second-order valence-corrected chi connectivity index (χ2v) is 7.32. The first-order valence-corrected chi connectivity index (χ1v) is 9.42. The smallest absolute Gasteiger partial charge is 0.270 e. The van der Waals surface area contributed by atoms with Crippen molar-refractivity contribution in [3.8, 4) is 11.5 Å². The molecule has 2 aromatic rings. The molecule has 1 amide bonds. The van der Waals surface area contributed by atoms with Gasteiger partial charge in [-0.3, -0.25) is 9.69 Å². The molecule has 0 bridgehead atoms. The zero-order chi connectivity index (χ0) is 18.7. The number of benzene rings is 2. The lowest BCUT2D eigenvalue weighted by molar-refractivity contribution is -0.113. The standard InChI is InChI=1S/C20H19NO3S2/c1-4-24-16-10-9-14(11-17(16)23-3)12-18-19(22)21(20(25)26-18)15-8-6-5-7-13(15)2/h5-12H,4H2,1-3H3. The number of rotatable bonds is 5. The third-order valence-corrected chi connectivity index (χ3v) is 5.24. The van der Waals surface area contributed by atoms with Gasteiger partial charge in [0.05, 0.1) is 24.3 Å². The molecule has 6 heteroatoms. The molecule has 1 aliphatic rings. The molecular formula is C20H19NO3S2. The first-order valence-electron chi connectivity index (χ1n) is 8.19. The van der Waals surface area contributed by atoms with Crippen molar-refractivity contribution >= 4 is 46.0 Å². The Morgan fingerprint density at radius 1 is 1.19 bits per heavy atom. The maximum absolute atomic E-state index is 12.9. The van der Waals surface area contributed by atoms with E-state index in [2.05, 4.69) is 0 Å². The van der Waals surface area contributed by atoms with E-state index in [0.717, 1.165) is 16.8 Å². The summed E-state index contributed by atoms with van der Waals surface area (Å²) in [6.45, 7) is 4.45. The van der Waals surface area contributed by atoms with E-state index in [1.165, 1.54) is 11.8 Å². The van der Waals surface area contributed by atoms with Gasteiger partial charge in [-0.1, -0.05) is 48.2 Å². The highest BCUT2D eigenvalue weighted by Gasteiger charge is 2.33. The van der Waals surface area contributed by atoms with Gasteiger partial charge < -0.3 is 9.47 Å². The summed E-state index contributed by atoms with van der Waals surface area (Å²) in [6.07, 6.45) is 1.83. The molecule has 0 saturated carbocycles. The molecule has 0 spiro atoms. The average Bonchev–Trinajstić information content (AvgIpc) is 2.90. The summed E-state index contributed by atoms with van der Waals surface area (Å²) in [5, 5.41) is 0. The molecule has 3 rings (SSSR count). The third kappa shape index (κ3) is 3.61. The van der Waals surface area contributed by atoms with Gasteiger partial charge in [-0.15, -0.1) is 0 Å². The Morgan fingerprint density at radius 2 is 1.96 bits per heavy atom. The number of amides is 1. The Balaban J connectivity index is 1.92. The Bertz CT molecular complexity index is 892. The van der Waals surface area contributed by atoms with Gasteiger partial charge in [0.2, 0.25) is 0 Å². The van der Waals surface area contributed by atoms with Crippen LogP contribution in [0, 0.1) is 6.92 Å². The van der Waals surface area contributed by atoms with Crippen LogP contribution in [0.2, 0.25) is 0 Å². The third-order valence-electron chi connectivity index (χ3n) is 3.94. The molecule has 0 unspecified atom stereocenters. The maximum atomic E-state index is 12.9. The molecule has 1 saturated heterocycles. The van der Waals surface area contributed by atoms with Crippen LogP contribution in [-0.4, -0.2) is 23.9 Å². The van der Waals surface area contributed by atoms with Crippen LogP contribution in [0.4, 0.5) is 5.69 Å². The van der Waals surface area contributed by atoms with E-state index < -0.39 is 0 Å². The van der Waals surface area contributed by atoms with Crippen molar-refractivity contribution in [2.24, 2.45) is 0 Å². The fraction of sp³-hybridized carbons (Fsp3) is 0.200. The van der Waals surface area contributed by atoms with E-state index in [4.69, 9.17) is 21.7 Å². The molecule has 0 aromatic heterocycles. The van der Waals surface area contributed by atoms with Crippen molar-refractivity contribution in [1.29, 1.82) is 0 Å². The Morgan fingerprint density at radius 3 is 2.65 bits per heavy atom. The lowest BCUT2D eigenvalue weighted by Crippen LogP contribution is -2.28. The molecule has 0 atom stereocenters. The van der Waals surface area contributed by atoms with E-state index in [1.807, 2.05) is 62.4 Å². The largest absolute Gasteiger partial charge is 0.493 e. The average molecular weight is 386 g/mol. The monoisotopic (exact) mass is 385 g/mol. The van der Waals surface area contributed by atoms with E-state index in [1.54, 1.807) is 12.0 Å². The summed E-state index contributed by atoms with van der Waals surface area (Å²) >= 11 is 6.74. The summed E-state index contributed by atoms with van der Waals surface area (Å²) in [5.41, 5.74) is 2.69. The van der Waals surface area contributed by atoms with Crippen molar-refractivity contribution in [2.75, 3.05) is 18.6 Å². The van der Waals surface area contributed by atoms with E-state index >= 15 is 0 Å². The minimum Gasteiger partial charge on any atom is -0.493 e. The summed E-state index contributed by atoms with van der Waals surface area (Å²) in [6, 6.07) is 13.3. The van der Waals surface area contributed by atoms with Crippen LogP contribution in [0.3, 0.4) is 0 Å². The maximum Gasteiger partial charge on any atom is 0.270 e. The van der Waals surface area contributed by atoms with E-state index in [0.29, 0.717) is 27.3 Å². The quantitative estimate of drug-likeness (QED) is 0.546. The van der Waals surface area contributed by atoms with Crippen molar-refractivity contribution in [3.63, 3.8) is 0 Å². The minimum absolute atomic E-state index is 0.109. The number of thiocarbonyl (C=S) groups is 1. The molecule has 2 aromatic carbocycles. The van der Waals surface area contributed by atoms with Crippen LogP contribution >= 0.6 is 24.0 Å². The lowest BCUT2D eigenvalue weighted by atomic mass is 10.1. The molecule has 1 aliphatic heterocycles. The molecule has 26 heavy (non-hydrogen) atoms. The van der Waals surface area contributed by atoms with Gasteiger partial charge in [0, 0.05) is 0 Å². The zero-order valence-electron chi connectivity index (χ0n) is 14.8. The number of para-hydroxylation sites is 1. The molecule has 1 fully saturated rings. The summed E-state index contributed by atoms with van der Waals surface area (Å²) in [7, 11) is 1.60. The normalized spacial score (nSPS) is 15.7. The van der Waals surface area contributed by atoms with Gasteiger partial charge >= 0.3 is 0 Å². The number of methoxy groups -OCH3 is 1. The van der Waals surface area contributed by atoms with Crippen LogP contribution in [0.1, 0.15) is 18.1 Å². The number of anilines is 1. The molecule has 0 N–H and O–H groups in total. The number of hydrogen-bond acceptors (Lipinski definition) is 5. The highest BCUT2D eigenvalue weighted by Crippen LogP contribution is 2.38. The first kappa shape index (κ1) is 18.5. The molecule has 4 nitrogen and oxygen atoms in total. The van der Waals surface area contributed by atoms with Gasteiger partial charge in [0.15, 0.2) is 15.8 Å². The van der Waals surface area contributed by atoms with Gasteiger partial charge in [0.25, 0.3) is 5.91 Å². The van der Waals surface area contributed by atoms with Crippen molar-refractivity contribution in [2.45, 2.75) is 13.8 Å². The Hall–Kier alpha value is -2.31. The SMILES string of the molecule is CCOc1ccc(C=C2SC(=S)N(c3ccccc3C)C2=O)cc1OC. The van der Waals surface area contributed by atoms with Crippen LogP contribution in [0.15, 0.2) is 47.4 Å². The summed E-state index contributed by atoms with van der Waals surface area (Å²) in [4.78, 5) is 15.1. The second kappa shape index (κ2) is 7.93. The second-order valence-electron chi connectivity index (χ2n) is 5.65. The number of carbonyl (C=O) groups excluding carboxylic acids is 1. The Kier molecular flexibility index (Phi) is 5.64. The summed E-state index contributed by atoms with van der Waals surface area (Å²) in [5.74, 6) is 1.21.